The Kier molecular flexibility index (Phi) is 7.70. The maximum atomic E-state index is 12.9. The molecule has 0 spiro atoms. The number of anilines is 2. The number of imide groups is 4. The first-order chi connectivity index (χ1) is 19.6. The molecule has 0 radical (unpaired) electrons. The number of para-hydroxylation sites is 1. The zero-order chi connectivity index (χ0) is 29.8. The smallest absolute Gasteiger partial charge is 0.353 e. The molecule has 15 heteroatoms. The van der Waals surface area contributed by atoms with E-state index in [9.17, 15) is 38.4 Å². The van der Waals surface area contributed by atoms with Gasteiger partial charge >= 0.3 is 35.7 Å². The van der Waals surface area contributed by atoms with E-state index in [1.165, 1.54) is 54.6 Å². The van der Waals surface area contributed by atoms with Crippen LogP contribution >= 0.6 is 0 Å². The molecule has 4 rings (SSSR count). The number of hydrogen-bond acceptors (Lipinski definition) is 9. The van der Waals surface area contributed by atoms with Crippen LogP contribution < -0.4 is 16.2 Å². The third-order valence-electron chi connectivity index (χ3n) is 5.75. The van der Waals surface area contributed by atoms with Gasteiger partial charge in [0.15, 0.2) is 0 Å². The molecule has 2 heterocycles. The Balaban J connectivity index is 1.44. The van der Waals surface area contributed by atoms with E-state index in [2.05, 4.69) is 29.3 Å². The molecule has 0 bridgehead atoms. The van der Waals surface area contributed by atoms with E-state index >= 15 is 0 Å². The summed E-state index contributed by atoms with van der Waals surface area (Å²) in [6.07, 6.45) is 2.51. The lowest BCUT2D eigenvalue weighted by atomic mass is 10.1. The van der Waals surface area contributed by atoms with Gasteiger partial charge in [-0.05, 0) is 36.4 Å². The average Bonchev–Trinajstić information content (AvgIpc) is 3.28. The predicted molar refractivity (Wildman–Crippen MR) is 139 cm³/mol. The number of carbonyl (C=O) groups is 8. The lowest BCUT2D eigenvalue weighted by Crippen LogP contribution is -2.47. The number of carbonyl (C=O) groups excluding carboxylic acids is 8. The van der Waals surface area contributed by atoms with E-state index in [1.54, 1.807) is 6.07 Å². The number of hydrogen-bond donors (Lipinski definition) is 3. The van der Waals surface area contributed by atoms with Crippen molar-refractivity contribution in [2.45, 2.75) is 0 Å². The summed E-state index contributed by atoms with van der Waals surface area (Å²) in [5, 5.41) is 3.60. The van der Waals surface area contributed by atoms with Crippen molar-refractivity contribution in [1.82, 2.24) is 30.7 Å². The lowest BCUT2D eigenvalue weighted by Gasteiger charge is -2.17. The second-order valence-electron chi connectivity index (χ2n) is 8.38. The number of nitrogens with one attached hydrogen (secondary N) is 3. The molecule has 0 atom stereocenters. The topological polar surface area (TPSA) is 186 Å². The van der Waals surface area contributed by atoms with Crippen molar-refractivity contribution < 1.29 is 38.4 Å². The Hall–Kier alpha value is -6.12. The highest BCUT2D eigenvalue weighted by molar-refractivity contribution is 6.45. The fraction of sp³-hybridized carbons (Fsp3) is 0.0769. The largest absolute Gasteiger partial charge is 0.355 e. The maximum Gasteiger partial charge on any atom is 0.353 e. The van der Waals surface area contributed by atoms with Crippen molar-refractivity contribution in [3.8, 4) is 0 Å². The zero-order valence-electron chi connectivity index (χ0n) is 21.2. The van der Waals surface area contributed by atoms with Gasteiger partial charge in [-0.2, -0.15) is 10.0 Å². The maximum absolute atomic E-state index is 12.9. The lowest BCUT2D eigenvalue weighted by molar-refractivity contribution is -0.143. The first-order valence-corrected chi connectivity index (χ1v) is 11.8. The molecule has 10 amide bonds. The van der Waals surface area contributed by atoms with Gasteiger partial charge in [-0.15, -0.1) is 13.2 Å². The highest BCUT2D eigenvalue weighted by atomic mass is 16.3. The zero-order valence-corrected chi connectivity index (χ0v) is 21.2. The second-order valence-corrected chi connectivity index (χ2v) is 8.38. The van der Waals surface area contributed by atoms with E-state index in [-0.39, 0.29) is 29.9 Å². The van der Waals surface area contributed by atoms with Crippen LogP contribution in [0.3, 0.4) is 0 Å². The van der Waals surface area contributed by atoms with Crippen molar-refractivity contribution in [2.75, 3.05) is 18.4 Å². The van der Waals surface area contributed by atoms with Gasteiger partial charge in [-0.3, -0.25) is 49.4 Å². The van der Waals surface area contributed by atoms with Gasteiger partial charge in [0.1, 0.15) is 0 Å². The van der Waals surface area contributed by atoms with E-state index < -0.39 is 47.5 Å². The van der Waals surface area contributed by atoms with E-state index in [4.69, 9.17) is 0 Å². The number of rotatable bonds is 10. The molecule has 2 aromatic rings. The molecule has 208 valence electrons. The summed E-state index contributed by atoms with van der Waals surface area (Å²) in [5.74, 6) is -6.35. The standard InChI is InChI=1S/C26H21N7O8/c1-3-13-30-21(36)23(38)32(25(30)40)28-19(34)15-9-11-16(12-10-15)27-18-8-6-5-7-17(18)20(35)29-33-24(39)22(37)31(14-4-2)26(33)41/h3-12,27H,1-2,13-14H2,(H,28,34)(H,29,35). The summed E-state index contributed by atoms with van der Waals surface area (Å²) in [7, 11) is 0. The van der Waals surface area contributed by atoms with E-state index in [0.29, 0.717) is 25.5 Å². The minimum atomic E-state index is -1.22. The van der Waals surface area contributed by atoms with Gasteiger partial charge in [-0.1, -0.05) is 24.3 Å². The SMILES string of the molecule is C=CCN1C(=O)C(=O)N(NC(=O)c2ccc(Nc3ccccc3C(=O)NN3C(=O)C(=O)N(CC=C)C3=O)cc2)C1=O. The monoisotopic (exact) mass is 559 g/mol. The molecule has 3 N–H and O–H groups in total. The molecule has 2 aliphatic heterocycles. The van der Waals surface area contributed by atoms with Gasteiger partial charge in [-0.25, -0.2) is 9.59 Å². The van der Waals surface area contributed by atoms with Crippen LogP contribution in [-0.2, 0) is 19.2 Å². The molecule has 15 nitrogen and oxygen atoms in total. The summed E-state index contributed by atoms with van der Waals surface area (Å²) < 4.78 is 0. The van der Waals surface area contributed by atoms with Crippen molar-refractivity contribution in [3.63, 3.8) is 0 Å². The minimum absolute atomic E-state index is 0.0179. The molecule has 2 aromatic carbocycles. The number of amides is 10. The normalized spacial score (nSPS) is 15.0. The van der Waals surface area contributed by atoms with E-state index in [1.807, 2.05) is 0 Å². The van der Waals surface area contributed by atoms with Crippen LogP contribution in [0.4, 0.5) is 21.0 Å². The first kappa shape index (κ1) is 27.9. The first-order valence-electron chi connectivity index (χ1n) is 11.8. The molecular formula is C26H21N7O8. The Morgan fingerprint density at radius 1 is 0.659 bits per heavy atom. The van der Waals surface area contributed by atoms with Gasteiger partial charge in [0.05, 0.1) is 11.3 Å². The fourth-order valence-corrected chi connectivity index (χ4v) is 3.77. The molecule has 0 aliphatic carbocycles. The molecule has 0 aromatic heterocycles. The van der Waals surface area contributed by atoms with Gasteiger partial charge in [0, 0.05) is 24.3 Å². The molecule has 2 aliphatic rings. The summed E-state index contributed by atoms with van der Waals surface area (Å²) in [5.41, 5.74) is 4.94. The molecule has 0 saturated carbocycles. The number of nitrogens with zero attached hydrogens (tertiary/aromatic N) is 4. The predicted octanol–water partition coefficient (Wildman–Crippen LogP) is 0.673. The Bertz CT molecular complexity index is 1530. The van der Waals surface area contributed by atoms with Crippen LogP contribution in [0, 0.1) is 0 Å². The summed E-state index contributed by atoms with van der Waals surface area (Å²) >= 11 is 0. The van der Waals surface area contributed by atoms with Crippen LogP contribution in [0.2, 0.25) is 0 Å². The van der Waals surface area contributed by atoms with Crippen LogP contribution in [-0.4, -0.2) is 80.4 Å². The van der Waals surface area contributed by atoms with Gasteiger partial charge in [0.2, 0.25) is 0 Å². The number of benzene rings is 2. The summed E-state index contributed by atoms with van der Waals surface area (Å²) in [6.45, 7) is 6.41. The third-order valence-corrected chi connectivity index (χ3v) is 5.75. The van der Waals surface area contributed by atoms with Crippen molar-refractivity contribution in [1.29, 1.82) is 0 Å². The fourth-order valence-electron chi connectivity index (χ4n) is 3.77. The number of urea groups is 2. The quantitative estimate of drug-likeness (QED) is 0.214. The van der Waals surface area contributed by atoms with Crippen molar-refractivity contribution in [3.05, 3.63) is 85.0 Å². The average molecular weight is 559 g/mol. The summed E-state index contributed by atoms with van der Waals surface area (Å²) in [6, 6.07) is 9.70. The van der Waals surface area contributed by atoms with Crippen molar-refractivity contribution >= 4 is 58.9 Å². The number of hydrazine groups is 2. The van der Waals surface area contributed by atoms with E-state index in [0.717, 1.165) is 0 Å². The molecule has 2 saturated heterocycles. The highest BCUT2D eigenvalue weighted by Gasteiger charge is 2.46. The molecule has 41 heavy (non-hydrogen) atoms. The second kappa shape index (κ2) is 11.3. The van der Waals surface area contributed by atoms with Gasteiger partial charge in [0.25, 0.3) is 11.8 Å². The molecular weight excluding hydrogens is 538 g/mol. The van der Waals surface area contributed by atoms with Crippen LogP contribution in [0.1, 0.15) is 20.7 Å². The Morgan fingerprint density at radius 2 is 1.15 bits per heavy atom. The molecule has 2 fully saturated rings. The Morgan fingerprint density at radius 3 is 1.66 bits per heavy atom. The van der Waals surface area contributed by atoms with Crippen molar-refractivity contribution in [2.24, 2.45) is 0 Å². The Labute approximate surface area is 231 Å². The van der Waals surface area contributed by atoms with Gasteiger partial charge < -0.3 is 5.32 Å². The van der Waals surface area contributed by atoms with Crippen LogP contribution in [0.25, 0.3) is 0 Å². The van der Waals surface area contributed by atoms with Crippen LogP contribution in [0.5, 0.6) is 0 Å². The van der Waals surface area contributed by atoms with Crippen LogP contribution in [0.15, 0.2) is 73.8 Å². The summed E-state index contributed by atoms with van der Waals surface area (Å²) in [4.78, 5) is 99.7. The minimum Gasteiger partial charge on any atom is -0.355 e. The highest BCUT2D eigenvalue weighted by Crippen LogP contribution is 2.22. The third kappa shape index (κ3) is 5.26. The molecule has 0 unspecified atom stereocenters.